The summed E-state index contributed by atoms with van der Waals surface area (Å²) in [4.78, 5) is 11.2. The Morgan fingerprint density at radius 3 is 2.60 bits per heavy atom. The summed E-state index contributed by atoms with van der Waals surface area (Å²) in [6, 6.07) is 3.42. The Hall–Kier alpha value is -1.92. The molecule has 0 aliphatic carbocycles. The van der Waals surface area contributed by atoms with Crippen LogP contribution < -0.4 is 15.4 Å². The molecule has 7 heteroatoms. The summed E-state index contributed by atoms with van der Waals surface area (Å²) in [5.74, 6) is 0.540. The number of aryl methyl sites for hydroxylation is 1. The number of halogens is 3. The monoisotopic (exact) mass is 290 g/mol. The topological polar surface area (TPSA) is 50.4 Å². The summed E-state index contributed by atoms with van der Waals surface area (Å²) in [6.07, 6.45) is -4.75. The maximum Gasteiger partial charge on any atom is 0.485 e. The van der Waals surface area contributed by atoms with E-state index in [2.05, 4.69) is 5.32 Å². The van der Waals surface area contributed by atoms with Crippen molar-refractivity contribution in [3.63, 3.8) is 0 Å². The third-order valence-electron chi connectivity index (χ3n) is 2.53. The summed E-state index contributed by atoms with van der Waals surface area (Å²) in [7, 11) is 0. The molecule has 2 N–H and O–H groups in total. The van der Waals surface area contributed by atoms with Crippen molar-refractivity contribution >= 4 is 6.03 Å². The van der Waals surface area contributed by atoms with E-state index < -0.39 is 18.4 Å². The van der Waals surface area contributed by atoms with Gasteiger partial charge in [0.25, 0.3) is 0 Å². The van der Waals surface area contributed by atoms with Gasteiger partial charge in [0.05, 0.1) is 12.6 Å². The highest BCUT2D eigenvalue weighted by Gasteiger charge is 2.30. The molecular formula is C13H17F3N2O2. The van der Waals surface area contributed by atoms with Gasteiger partial charge >= 0.3 is 12.3 Å². The molecule has 0 aliphatic heterocycles. The number of amides is 2. The predicted octanol–water partition coefficient (Wildman–Crippen LogP) is 3.27. The fourth-order valence-electron chi connectivity index (χ4n) is 1.73. The highest BCUT2D eigenvalue weighted by molar-refractivity contribution is 5.74. The van der Waals surface area contributed by atoms with Crippen LogP contribution in [-0.4, -0.2) is 18.9 Å². The van der Waals surface area contributed by atoms with E-state index in [1.165, 1.54) is 0 Å². The van der Waals surface area contributed by atoms with Crippen LogP contribution in [0.1, 0.15) is 31.0 Å². The lowest BCUT2D eigenvalue weighted by Crippen LogP contribution is -2.44. The lowest BCUT2D eigenvalue weighted by Gasteiger charge is -2.19. The molecule has 0 bridgehead atoms. The number of hydrogen-bond donors (Lipinski definition) is 2. The molecule has 0 heterocycles. The molecule has 0 saturated heterocycles. The third kappa shape index (κ3) is 4.99. The Morgan fingerprint density at radius 2 is 2.05 bits per heavy atom. The molecule has 1 unspecified atom stereocenters. The summed E-state index contributed by atoms with van der Waals surface area (Å²) in [5.41, 5.74) is 1.55. The average molecular weight is 290 g/mol. The van der Waals surface area contributed by atoms with Crippen molar-refractivity contribution in [2.24, 2.45) is 0 Å². The number of urea groups is 1. The first-order valence-electron chi connectivity index (χ1n) is 6.11. The zero-order chi connectivity index (χ0) is 15.3. The second-order valence-corrected chi connectivity index (χ2v) is 4.29. The molecule has 0 radical (unpaired) electrons. The minimum Gasteiger partial charge on any atom is -0.494 e. The Kier molecular flexibility index (Phi) is 5.24. The van der Waals surface area contributed by atoms with Gasteiger partial charge in [-0.25, -0.2) is 10.1 Å². The van der Waals surface area contributed by atoms with Crippen molar-refractivity contribution in [3.8, 4) is 5.75 Å². The summed E-state index contributed by atoms with van der Waals surface area (Å²) in [6.45, 7) is 5.67. The van der Waals surface area contributed by atoms with Crippen LogP contribution in [-0.2, 0) is 0 Å². The minimum absolute atomic E-state index is 0.428. The number of carbonyl (C=O) groups is 1. The quantitative estimate of drug-likeness (QED) is 0.836. The molecule has 112 valence electrons. The van der Waals surface area contributed by atoms with E-state index in [1.807, 2.05) is 13.0 Å². The summed E-state index contributed by atoms with van der Waals surface area (Å²) >= 11 is 0. The minimum atomic E-state index is -4.75. The van der Waals surface area contributed by atoms with E-state index in [1.54, 1.807) is 26.0 Å². The molecule has 1 aromatic rings. The van der Waals surface area contributed by atoms with E-state index in [4.69, 9.17) is 4.74 Å². The Balaban J connectivity index is 2.83. The molecule has 1 atom stereocenters. The first-order valence-corrected chi connectivity index (χ1v) is 6.11. The van der Waals surface area contributed by atoms with Crippen LogP contribution in [0.15, 0.2) is 18.2 Å². The van der Waals surface area contributed by atoms with E-state index in [-0.39, 0.29) is 0 Å². The number of carbonyl (C=O) groups excluding carboxylic acids is 1. The predicted molar refractivity (Wildman–Crippen MR) is 68.5 cm³/mol. The number of ether oxygens (including phenoxy) is 1. The highest BCUT2D eigenvalue weighted by atomic mass is 19.4. The molecule has 4 nitrogen and oxygen atoms in total. The maximum atomic E-state index is 12.0. The fourth-order valence-corrected chi connectivity index (χ4v) is 1.73. The van der Waals surface area contributed by atoms with Gasteiger partial charge in [-0.15, -0.1) is 0 Å². The van der Waals surface area contributed by atoms with Crippen LogP contribution in [0.25, 0.3) is 0 Å². The van der Waals surface area contributed by atoms with Gasteiger partial charge in [0.2, 0.25) is 0 Å². The largest absolute Gasteiger partial charge is 0.494 e. The van der Waals surface area contributed by atoms with E-state index >= 15 is 0 Å². The van der Waals surface area contributed by atoms with Gasteiger partial charge in [-0.2, -0.15) is 13.2 Å². The SMILES string of the molecule is CCOc1ccc(C)cc1C(C)NC(=O)NC(F)(F)F. The third-order valence-corrected chi connectivity index (χ3v) is 2.53. The summed E-state index contributed by atoms with van der Waals surface area (Å²) < 4.78 is 41.5. The molecular weight excluding hydrogens is 273 g/mol. The first-order chi connectivity index (χ1) is 9.23. The molecule has 1 aromatic carbocycles. The highest BCUT2D eigenvalue weighted by Crippen LogP contribution is 2.26. The molecule has 2 amide bonds. The van der Waals surface area contributed by atoms with Crippen molar-refractivity contribution < 1.29 is 22.7 Å². The number of nitrogens with one attached hydrogen (secondary N) is 2. The van der Waals surface area contributed by atoms with Crippen molar-refractivity contribution in [2.45, 2.75) is 33.1 Å². The van der Waals surface area contributed by atoms with Gasteiger partial charge in [-0.1, -0.05) is 17.7 Å². The Bertz CT molecular complexity index is 475. The van der Waals surface area contributed by atoms with Crippen molar-refractivity contribution in [2.75, 3.05) is 6.61 Å². The zero-order valence-electron chi connectivity index (χ0n) is 11.5. The van der Waals surface area contributed by atoms with Gasteiger partial charge in [0, 0.05) is 5.56 Å². The van der Waals surface area contributed by atoms with Crippen LogP contribution in [0.4, 0.5) is 18.0 Å². The van der Waals surface area contributed by atoms with E-state index in [9.17, 15) is 18.0 Å². The van der Waals surface area contributed by atoms with Gasteiger partial charge in [-0.3, -0.25) is 0 Å². The lowest BCUT2D eigenvalue weighted by molar-refractivity contribution is -0.145. The van der Waals surface area contributed by atoms with Crippen LogP contribution in [0.2, 0.25) is 0 Å². The number of hydrogen-bond acceptors (Lipinski definition) is 2. The second kappa shape index (κ2) is 6.49. The summed E-state index contributed by atoms with van der Waals surface area (Å²) in [5, 5.41) is 3.12. The van der Waals surface area contributed by atoms with Gasteiger partial charge in [0.1, 0.15) is 5.75 Å². The van der Waals surface area contributed by atoms with Gasteiger partial charge in [-0.05, 0) is 26.8 Å². The van der Waals surface area contributed by atoms with Gasteiger partial charge in [0.15, 0.2) is 0 Å². The molecule has 0 saturated carbocycles. The van der Waals surface area contributed by atoms with Crippen LogP contribution in [0.3, 0.4) is 0 Å². The first kappa shape index (κ1) is 16.1. The number of rotatable bonds is 4. The van der Waals surface area contributed by atoms with Crippen LogP contribution in [0.5, 0.6) is 5.75 Å². The van der Waals surface area contributed by atoms with E-state index in [0.29, 0.717) is 17.9 Å². The Morgan fingerprint density at radius 1 is 1.40 bits per heavy atom. The molecule has 0 aromatic heterocycles. The van der Waals surface area contributed by atoms with Crippen molar-refractivity contribution in [1.82, 2.24) is 10.6 Å². The zero-order valence-corrected chi connectivity index (χ0v) is 11.5. The van der Waals surface area contributed by atoms with E-state index in [0.717, 1.165) is 10.9 Å². The maximum absolute atomic E-state index is 12.0. The van der Waals surface area contributed by atoms with Crippen LogP contribution >= 0.6 is 0 Å². The number of benzene rings is 1. The van der Waals surface area contributed by atoms with Crippen LogP contribution in [0, 0.1) is 6.92 Å². The normalized spacial score (nSPS) is 12.7. The fraction of sp³-hybridized carbons (Fsp3) is 0.462. The Labute approximate surface area is 115 Å². The average Bonchev–Trinajstić information content (AvgIpc) is 2.29. The molecule has 1 rings (SSSR count). The lowest BCUT2D eigenvalue weighted by atomic mass is 10.0. The molecule has 20 heavy (non-hydrogen) atoms. The molecule has 0 spiro atoms. The van der Waals surface area contributed by atoms with Crippen molar-refractivity contribution in [3.05, 3.63) is 29.3 Å². The smallest absolute Gasteiger partial charge is 0.485 e. The van der Waals surface area contributed by atoms with Crippen molar-refractivity contribution in [1.29, 1.82) is 0 Å². The number of alkyl halides is 3. The second-order valence-electron chi connectivity index (χ2n) is 4.29. The molecule has 0 aliphatic rings. The van der Waals surface area contributed by atoms with Gasteiger partial charge < -0.3 is 10.1 Å². The molecule has 0 fully saturated rings. The standard InChI is InChI=1S/C13H17F3N2O2/c1-4-20-11-6-5-8(2)7-10(11)9(3)17-12(19)18-13(14,15)16/h5-7,9H,4H2,1-3H3,(H2,17,18,19).